The summed E-state index contributed by atoms with van der Waals surface area (Å²) >= 11 is 0. The van der Waals surface area contributed by atoms with Crippen molar-refractivity contribution in [1.82, 2.24) is 0 Å². The Kier molecular flexibility index (Phi) is 8.84. The molecule has 0 bridgehead atoms. The maximum absolute atomic E-state index is 11.3. The second-order valence-corrected chi connectivity index (χ2v) is 12.6. The zero-order valence-electron chi connectivity index (χ0n) is 24.9. The van der Waals surface area contributed by atoms with Gasteiger partial charge in [-0.05, 0) is 62.4 Å². The molecule has 0 amide bonds. The zero-order chi connectivity index (χ0) is 29.8. The van der Waals surface area contributed by atoms with Gasteiger partial charge in [0.1, 0.15) is 0 Å². The van der Waals surface area contributed by atoms with Crippen molar-refractivity contribution in [3.05, 3.63) is 130 Å². The molecule has 0 aromatic heterocycles. The number of aliphatic hydroxyl groups is 1. The molecule has 0 aliphatic heterocycles. The van der Waals surface area contributed by atoms with Crippen molar-refractivity contribution in [2.75, 3.05) is 5.32 Å². The van der Waals surface area contributed by atoms with Crippen LogP contribution in [0.4, 0.5) is 5.69 Å². The summed E-state index contributed by atoms with van der Waals surface area (Å²) in [7, 11) is 0. The van der Waals surface area contributed by atoms with Crippen LogP contribution in [0, 0.1) is 0 Å². The number of aliphatic hydroxyl groups excluding tert-OH is 1. The van der Waals surface area contributed by atoms with E-state index in [9.17, 15) is 15.0 Å². The zero-order valence-corrected chi connectivity index (χ0v) is 24.9. The molecule has 4 nitrogen and oxygen atoms in total. The maximum Gasteiger partial charge on any atom is 0.335 e. The van der Waals surface area contributed by atoms with Crippen LogP contribution in [0.15, 0.2) is 97.1 Å². The molecule has 3 N–H and O–H groups in total. The summed E-state index contributed by atoms with van der Waals surface area (Å²) in [6, 6.07) is 29.9. The Labute approximate surface area is 244 Å². The summed E-state index contributed by atoms with van der Waals surface area (Å²) in [5.41, 5.74) is 8.50. The van der Waals surface area contributed by atoms with Gasteiger partial charge in [-0.3, -0.25) is 0 Å². The predicted octanol–water partition coefficient (Wildman–Crippen LogP) is 9.01. The first-order valence-corrected chi connectivity index (χ1v) is 14.1. The lowest BCUT2D eigenvalue weighted by molar-refractivity contribution is 0.0697. The average Bonchev–Trinajstić information content (AvgIpc) is 2.94. The summed E-state index contributed by atoms with van der Waals surface area (Å²) in [4.78, 5) is 11.2. The second kappa shape index (κ2) is 12.2. The smallest absolute Gasteiger partial charge is 0.335 e. The van der Waals surface area contributed by atoms with E-state index in [1.165, 1.54) is 11.1 Å². The molecule has 0 spiro atoms. The van der Waals surface area contributed by atoms with E-state index in [-0.39, 0.29) is 16.4 Å². The van der Waals surface area contributed by atoms with E-state index in [4.69, 9.17) is 0 Å². The van der Waals surface area contributed by atoms with Crippen molar-refractivity contribution >= 4 is 17.7 Å². The van der Waals surface area contributed by atoms with E-state index in [0.29, 0.717) is 6.54 Å². The predicted molar refractivity (Wildman–Crippen MR) is 170 cm³/mol. The molecule has 4 rings (SSSR count). The molecule has 0 aliphatic carbocycles. The lowest BCUT2D eigenvalue weighted by Crippen LogP contribution is -2.17. The highest BCUT2D eigenvalue weighted by molar-refractivity contribution is 5.87. The average molecular weight is 548 g/mol. The van der Waals surface area contributed by atoms with Gasteiger partial charge in [0.2, 0.25) is 0 Å². The maximum atomic E-state index is 11.3. The summed E-state index contributed by atoms with van der Waals surface area (Å²) in [5, 5.41) is 24.2. The first-order chi connectivity index (χ1) is 19.3. The molecular weight excluding hydrogens is 506 g/mol. The van der Waals surface area contributed by atoms with Gasteiger partial charge in [0, 0.05) is 17.8 Å². The van der Waals surface area contributed by atoms with E-state index in [1.807, 2.05) is 12.1 Å². The van der Waals surface area contributed by atoms with Gasteiger partial charge in [-0.1, -0.05) is 126 Å². The first-order valence-electron chi connectivity index (χ1n) is 14.1. The summed E-state index contributed by atoms with van der Waals surface area (Å²) < 4.78 is 0. The third-order valence-electron chi connectivity index (χ3n) is 7.31. The molecule has 0 radical (unpaired) electrons. The second-order valence-electron chi connectivity index (χ2n) is 12.6. The Morgan fingerprint density at radius 3 is 2.02 bits per heavy atom. The topological polar surface area (TPSA) is 69.6 Å². The van der Waals surface area contributed by atoms with Crippen LogP contribution < -0.4 is 5.32 Å². The fourth-order valence-electron chi connectivity index (χ4n) is 4.83. The van der Waals surface area contributed by atoms with Crippen molar-refractivity contribution in [3.63, 3.8) is 0 Å². The number of hydrogen-bond acceptors (Lipinski definition) is 3. The van der Waals surface area contributed by atoms with Crippen LogP contribution in [0.3, 0.4) is 0 Å². The highest BCUT2D eigenvalue weighted by atomic mass is 16.4. The number of rotatable bonds is 8. The molecule has 0 aliphatic rings. The van der Waals surface area contributed by atoms with Gasteiger partial charge in [0.05, 0.1) is 11.7 Å². The fraction of sp³-hybridized carbons (Fsp3) is 0.270. The van der Waals surface area contributed by atoms with Crippen LogP contribution in [0.2, 0.25) is 0 Å². The van der Waals surface area contributed by atoms with E-state index in [2.05, 4.69) is 108 Å². The highest BCUT2D eigenvalue weighted by Crippen LogP contribution is 2.41. The third-order valence-corrected chi connectivity index (χ3v) is 7.31. The van der Waals surface area contributed by atoms with Crippen LogP contribution in [0.1, 0.15) is 85.8 Å². The van der Waals surface area contributed by atoms with Crippen LogP contribution in [0.5, 0.6) is 0 Å². The molecule has 0 fully saturated rings. The number of aromatic carboxylic acids is 1. The lowest BCUT2D eigenvalue weighted by atomic mass is 9.81. The van der Waals surface area contributed by atoms with Gasteiger partial charge in [-0.15, -0.1) is 0 Å². The van der Waals surface area contributed by atoms with E-state index in [1.54, 1.807) is 30.3 Å². The van der Waals surface area contributed by atoms with Crippen molar-refractivity contribution in [1.29, 1.82) is 0 Å². The molecule has 4 heteroatoms. The molecule has 4 aromatic carbocycles. The number of nitrogens with one attached hydrogen (secondary N) is 1. The standard InChI is InChI=1S/C37H41NO3/c1-36(2,3)30-19-17-27(18-20-30)31-22-29(33(39)21-14-25-12-15-28(16-13-25)35(40)41)23-32(37(4,5)6)34(31)38-24-26-10-8-7-9-11-26/h7-23,33,38-39H,24H2,1-6H3,(H,40,41)/b21-14+. The van der Waals surface area contributed by atoms with Crippen molar-refractivity contribution in [3.8, 4) is 11.1 Å². The largest absolute Gasteiger partial charge is 0.478 e. The third kappa shape index (κ3) is 7.53. The monoisotopic (exact) mass is 547 g/mol. The Hall–Kier alpha value is -4.15. The van der Waals surface area contributed by atoms with Gasteiger partial charge in [0.15, 0.2) is 0 Å². The number of carboxylic acids is 1. The number of hydrogen-bond donors (Lipinski definition) is 3. The Balaban J connectivity index is 1.79. The van der Waals surface area contributed by atoms with E-state index < -0.39 is 12.1 Å². The van der Waals surface area contributed by atoms with Gasteiger partial charge in [0.25, 0.3) is 0 Å². The number of carbonyl (C=O) groups is 1. The lowest BCUT2D eigenvalue weighted by Gasteiger charge is -2.28. The summed E-state index contributed by atoms with van der Waals surface area (Å²) in [6.45, 7) is 13.9. The van der Waals surface area contributed by atoms with Crippen LogP contribution in [-0.2, 0) is 17.4 Å². The number of carboxylic acid groups (broad SMARTS) is 1. The number of anilines is 1. The van der Waals surface area contributed by atoms with Crippen LogP contribution in [0.25, 0.3) is 17.2 Å². The minimum atomic E-state index is -0.959. The Morgan fingerprint density at radius 2 is 1.46 bits per heavy atom. The molecule has 0 saturated carbocycles. The summed E-state index contributed by atoms with van der Waals surface area (Å²) in [5.74, 6) is -0.959. The summed E-state index contributed by atoms with van der Waals surface area (Å²) in [6.07, 6.45) is 2.74. The molecule has 1 atom stereocenters. The Morgan fingerprint density at radius 1 is 0.829 bits per heavy atom. The normalized spacial score (nSPS) is 12.9. The molecule has 1 unspecified atom stereocenters. The van der Waals surface area contributed by atoms with Crippen molar-refractivity contribution < 1.29 is 15.0 Å². The minimum absolute atomic E-state index is 0.0506. The van der Waals surface area contributed by atoms with E-state index >= 15 is 0 Å². The molecular formula is C37H41NO3. The SMILES string of the molecule is CC(C)(C)c1ccc(-c2cc(C(O)/C=C/c3ccc(C(=O)O)cc3)cc(C(C)(C)C)c2NCc2ccccc2)cc1. The van der Waals surface area contributed by atoms with Gasteiger partial charge in [-0.2, -0.15) is 0 Å². The fourth-order valence-corrected chi connectivity index (χ4v) is 4.83. The van der Waals surface area contributed by atoms with Gasteiger partial charge >= 0.3 is 5.97 Å². The molecule has 0 saturated heterocycles. The molecule has 41 heavy (non-hydrogen) atoms. The van der Waals surface area contributed by atoms with Crippen molar-refractivity contribution in [2.24, 2.45) is 0 Å². The van der Waals surface area contributed by atoms with E-state index in [0.717, 1.165) is 33.5 Å². The molecule has 0 heterocycles. The quantitative estimate of drug-likeness (QED) is 0.206. The van der Waals surface area contributed by atoms with Gasteiger partial charge < -0.3 is 15.5 Å². The Bertz CT molecular complexity index is 1500. The molecule has 4 aromatic rings. The minimum Gasteiger partial charge on any atom is -0.478 e. The highest BCUT2D eigenvalue weighted by Gasteiger charge is 2.24. The number of benzene rings is 4. The first kappa shape index (κ1) is 29.8. The van der Waals surface area contributed by atoms with Crippen molar-refractivity contribution in [2.45, 2.75) is 65.0 Å². The van der Waals surface area contributed by atoms with Crippen LogP contribution >= 0.6 is 0 Å². The van der Waals surface area contributed by atoms with Crippen LogP contribution in [-0.4, -0.2) is 16.2 Å². The van der Waals surface area contributed by atoms with Gasteiger partial charge in [-0.25, -0.2) is 4.79 Å². The molecule has 212 valence electrons.